The Bertz CT molecular complexity index is 656. The van der Waals surface area contributed by atoms with Gasteiger partial charge in [0, 0.05) is 19.6 Å². The molecule has 3 rings (SSSR count). The van der Waals surface area contributed by atoms with Gasteiger partial charge < -0.3 is 14.2 Å². The third-order valence-corrected chi connectivity index (χ3v) is 5.46. The van der Waals surface area contributed by atoms with Crippen LogP contribution in [-0.2, 0) is 9.47 Å². The van der Waals surface area contributed by atoms with Gasteiger partial charge in [-0.25, -0.2) is 9.18 Å². The second-order valence-electron chi connectivity index (χ2n) is 7.21. The predicted molar refractivity (Wildman–Crippen MR) is 96.0 cm³/mol. The number of nitrogens with zero attached hydrogens (tertiary/aromatic N) is 1. The molecule has 1 aromatic rings. The van der Waals surface area contributed by atoms with Crippen LogP contribution in [0.2, 0.25) is 0 Å². The first-order chi connectivity index (χ1) is 13.0. The average molecular weight is 383 g/mol. The molecule has 1 heterocycles. The molecule has 0 aromatic heterocycles. The highest BCUT2D eigenvalue weighted by Crippen LogP contribution is 2.38. The molecule has 0 N–H and O–H groups in total. The summed E-state index contributed by atoms with van der Waals surface area (Å²) >= 11 is 0. The maximum absolute atomic E-state index is 14.2. The summed E-state index contributed by atoms with van der Waals surface area (Å²) in [4.78, 5) is 14.4. The van der Waals surface area contributed by atoms with Gasteiger partial charge in [-0.1, -0.05) is 6.92 Å². The van der Waals surface area contributed by atoms with Gasteiger partial charge >= 0.3 is 5.97 Å². The average Bonchev–Trinajstić information content (AvgIpc) is 3.15. The maximum atomic E-state index is 14.2. The Morgan fingerprint density at radius 3 is 2.59 bits per heavy atom. The molecule has 27 heavy (non-hydrogen) atoms. The van der Waals surface area contributed by atoms with Crippen LogP contribution in [0, 0.1) is 11.6 Å². The van der Waals surface area contributed by atoms with Gasteiger partial charge in [-0.3, -0.25) is 4.90 Å². The predicted octanol–water partition coefficient (Wildman–Crippen LogP) is 3.56. The molecule has 1 saturated carbocycles. The Hall–Kier alpha value is -1.73. The fraction of sp³-hybridized carbons (Fsp3) is 0.650. The van der Waals surface area contributed by atoms with Gasteiger partial charge in [-0.15, -0.1) is 0 Å². The van der Waals surface area contributed by atoms with Crippen LogP contribution in [0.1, 0.15) is 49.4 Å². The summed E-state index contributed by atoms with van der Waals surface area (Å²) in [6.07, 6.45) is 4.32. The van der Waals surface area contributed by atoms with Crippen LogP contribution in [-0.4, -0.2) is 55.9 Å². The highest BCUT2D eigenvalue weighted by atomic mass is 19.2. The van der Waals surface area contributed by atoms with E-state index in [0.717, 1.165) is 44.8 Å². The molecular weight excluding hydrogens is 356 g/mol. The molecule has 1 aliphatic heterocycles. The molecule has 2 aliphatic rings. The Morgan fingerprint density at radius 2 is 1.93 bits per heavy atom. The molecule has 1 aliphatic carbocycles. The molecule has 7 heteroatoms. The summed E-state index contributed by atoms with van der Waals surface area (Å²) in [5.41, 5.74) is -0.512. The fourth-order valence-electron chi connectivity index (χ4n) is 3.71. The molecule has 0 radical (unpaired) electrons. The zero-order chi connectivity index (χ0) is 19.3. The lowest BCUT2D eigenvalue weighted by atomic mass is 9.98. The normalized spacial score (nSPS) is 19.8. The summed E-state index contributed by atoms with van der Waals surface area (Å²) in [6, 6.07) is 2.12. The third kappa shape index (κ3) is 4.96. The van der Waals surface area contributed by atoms with E-state index in [1.54, 1.807) is 0 Å². The number of ether oxygens (including phenoxy) is 3. The Kier molecular flexibility index (Phi) is 6.65. The van der Waals surface area contributed by atoms with Gasteiger partial charge in [0.05, 0.1) is 18.8 Å². The van der Waals surface area contributed by atoms with Crippen molar-refractivity contribution in [2.75, 3.05) is 39.5 Å². The van der Waals surface area contributed by atoms with Gasteiger partial charge in [0.25, 0.3) is 0 Å². The third-order valence-electron chi connectivity index (χ3n) is 5.46. The van der Waals surface area contributed by atoms with Crippen molar-refractivity contribution in [3.8, 4) is 5.75 Å². The van der Waals surface area contributed by atoms with Gasteiger partial charge in [0.2, 0.25) is 5.82 Å². The van der Waals surface area contributed by atoms with Crippen LogP contribution in [0.4, 0.5) is 8.78 Å². The highest BCUT2D eigenvalue weighted by Gasteiger charge is 2.35. The standard InChI is InChI=1S/C20H27F2NO4/c1-2-20(5-3-4-6-20)27-17-14-15(13-16(21)18(17)22)19(24)26-12-9-23-7-10-25-11-8-23/h13-14H,2-12H2,1H3. The van der Waals surface area contributed by atoms with E-state index in [9.17, 15) is 13.6 Å². The van der Waals surface area contributed by atoms with Crippen molar-refractivity contribution in [2.45, 2.75) is 44.6 Å². The smallest absolute Gasteiger partial charge is 0.338 e. The molecule has 5 nitrogen and oxygen atoms in total. The summed E-state index contributed by atoms with van der Waals surface area (Å²) in [6.45, 7) is 5.66. The first kappa shape index (κ1) is 20.0. The molecule has 1 aromatic carbocycles. The molecule has 150 valence electrons. The van der Waals surface area contributed by atoms with E-state index in [-0.39, 0.29) is 17.9 Å². The van der Waals surface area contributed by atoms with Gasteiger partial charge in [-0.05, 0) is 44.2 Å². The first-order valence-electron chi connectivity index (χ1n) is 9.68. The second kappa shape index (κ2) is 8.97. The number of halogens is 2. The number of morpholine rings is 1. The van der Waals surface area contributed by atoms with E-state index in [2.05, 4.69) is 4.90 Å². The molecule has 0 atom stereocenters. The van der Waals surface area contributed by atoms with E-state index in [1.807, 2.05) is 6.92 Å². The maximum Gasteiger partial charge on any atom is 0.338 e. The van der Waals surface area contributed by atoms with E-state index < -0.39 is 23.2 Å². The summed E-state index contributed by atoms with van der Waals surface area (Å²) < 4.78 is 44.6. The number of rotatable bonds is 7. The van der Waals surface area contributed by atoms with Crippen molar-refractivity contribution in [3.05, 3.63) is 29.3 Å². The number of esters is 1. The van der Waals surface area contributed by atoms with Crippen LogP contribution in [0.15, 0.2) is 12.1 Å². The minimum Gasteiger partial charge on any atom is -0.484 e. The van der Waals surface area contributed by atoms with Crippen LogP contribution in [0.5, 0.6) is 5.75 Å². The van der Waals surface area contributed by atoms with Crippen molar-refractivity contribution < 1.29 is 27.8 Å². The monoisotopic (exact) mass is 383 g/mol. The molecule has 0 unspecified atom stereocenters. The fourth-order valence-corrected chi connectivity index (χ4v) is 3.71. The molecule has 0 amide bonds. The summed E-state index contributed by atoms with van der Waals surface area (Å²) in [5.74, 6) is -3.04. The minimum absolute atomic E-state index is 0.0323. The number of benzene rings is 1. The van der Waals surface area contributed by atoms with Crippen molar-refractivity contribution in [1.29, 1.82) is 0 Å². The van der Waals surface area contributed by atoms with Crippen LogP contribution in [0.25, 0.3) is 0 Å². The second-order valence-corrected chi connectivity index (χ2v) is 7.21. The minimum atomic E-state index is -1.10. The van der Waals surface area contributed by atoms with Crippen molar-refractivity contribution in [3.63, 3.8) is 0 Å². The van der Waals surface area contributed by atoms with Crippen molar-refractivity contribution >= 4 is 5.97 Å². The number of hydrogen-bond acceptors (Lipinski definition) is 5. The van der Waals surface area contributed by atoms with E-state index >= 15 is 0 Å². The SMILES string of the molecule is CCC1(Oc2cc(C(=O)OCCN3CCOCC3)cc(F)c2F)CCCC1. The van der Waals surface area contributed by atoms with Crippen LogP contribution < -0.4 is 4.74 Å². The Morgan fingerprint density at radius 1 is 1.22 bits per heavy atom. The molecule has 0 bridgehead atoms. The summed E-state index contributed by atoms with van der Waals surface area (Å²) in [7, 11) is 0. The highest BCUT2D eigenvalue weighted by molar-refractivity contribution is 5.89. The lowest BCUT2D eigenvalue weighted by Gasteiger charge is -2.29. The van der Waals surface area contributed by atoms with Crippen LogP contribution >= 0.6 is 0 Å². The number of hydrogen-bond donors (Lipinski definition) is 0. The van der Waals surface area contributed by atoms with Gasteiger partial charge in [0.15, 0.2) is 11.6 Å². The Balaban J connectivity index is 1.64. The first-order valence-corrected chi connectivity index (χ1v) is 9.68. The zero-order valence-electron chi connectivity index (χ0n) is 15.8. The summed E-state index contributed by atoms with van der Waals surface area (Å²) in [5, 5.41) is 0. The number of carbonyl (C=O) groups excluding carboxylic acids is 1. The molecular formula is C20H27F2NO4. The van der Waals surface area contributed by atoms with Crippen LogP contribution in [0.3, 0.4) is 0 Å². The van der Waals surface area contributed by atoms with Crippen molar-refractivity contribution in [1.82, 2.24) is 4.90 Å². The largest absolute Gasteiger partial charge is 0.484 e. The Labute approximate surface area is 158 Å². The van der Waals surface area contributed by atoms with Gasteiger partial charge in [-0.2, -0.15) is 4.39 Å². The van der Waals surface area contributed by atoms with Crippen molar-refractivity contribution in [2.24, 2.45) is 0 Å². The quantitative estimate of drug-likeness (QED) is 0.674. The number of carbonyl (C=O) groups is 1. The van der Waals surface area contributed by atoms with E-state index in [1.165, 1.54) is 6.07 Å². The zero-order valence-corrected chi connectivity index (χ0v) is 15.8. The topological polar surface area (TPSA) is 48.0 Å². The van der Waals surface area contributed by atoms with E-state index in [4.69, 9.17) is 14.2 Å². The lowest BCUT2D eigenvalue weighted by Crippen LogP contribution is -2.38. The van der Waals surface area contributed by atoms with E-state index in [0.29, 0.717) is 26.2 Å². The van der Waals surface area contributed by atoms with Gasteiger partial charge in [0.1, 0.15) is 12.2 Å². The molecule has 0 spiro atoms. The molecule has 2 fully saturated rings. The molecule has 1 saturated heterocycles. The lowest BCUT2D eigenvalue weighted by molar-refractivity contribution is 0.0194.